The first-order chi connectivity index (χ1) is 16.1. The summed E-state index contributed by atoms with van der Waals surface area (Å²) in [4.78, 5) is 2.38. The van der Waals surface area contributed by atoms with Crippen LogP contribution in [0.1, 0.15) is 55.5 Å². The summed E-state index contributed by atoms with van der Waals surface area (Å²) >= 11 is 0. The van der Waals surface area contributed by atoms with Crippen LogP contribution in [-0.2, 0) is 10.8 Å². The largest absolute Gasteiger partial charge is 0.310 e. The molecule has 0 atom stereocenters. The predicted octanol–water partition coefficient (Wildman–Crippen LogP) is 9.32. The van der Waals surface area contributed by atoms with Crippen molar-refractivity contribution in [2.75, 3.05) is 4.90 Å². The van der Waals surface area contributed by atoms with Crippen molar-refractivity contribution in [2.24, 2.45) is 0 Å². The van der Waals surface area contributed by atoms with Gasteiger partial charge in [-0.1, -0.05) is 92.9 Å². The van der Waals surface area contributed by atoms with E-state index < -0.39 is 0 Å². The van der Waals surface area contributed by atoms with Gasteiger partial charge in [-0.3, -0.25) is 0 Å². The number of hydrogen-bond donors (Lipinski definition) is 0. The van der Waals surface area contributed by atoms with Gasteiger partial charge in [-0.15, -0.1) is 0 Å². The van der Waals surface area contributed by atoms with E-state index in [1.807, 2.05) is 0 Å². The first-order valence-corrected chi connectivity index (χ1v) is 12.3. The Morgan fingerprint density at radius 3 is 1.32 bits per heavy atom. The molecule has 4 aromatic carbocycles. The van der Waals surface area contributed by atoms with E-state index in [1.54, 1.807) is 0 Å². The lowest BCUT2D eigenvalue weighted by Crippen LogP contribution is -2.43. The van der Waals surface area contributed by atoms with Gasteiger partial charge in [0.15, 0.2) is 0 Å². The van der Waals surface area contributed by atoms with E-state index in [-0.39, 0.29) is 10.8 Å². The minimum atomic E-state index is -0.0225. The summed E-state index contributed by atoms with van der Waals surface area (Å²) in [7, 11) is 0. The van der Waals surface area contributed by atoms with Gasteiger partial charge < -0.3 is 4.90 Å². The average Bonchev–Trinajstić information content (AvgIpc) is 2.81. The zero-order valence-electron chi connectivity index (χ0n) is 21.5. The number of rotatable bonds is 3. The van der Waals surface area contributed by atoms with Gasteiger partial charge in [-0.05, 0) is 90.3 Å². The summed E-state index contributed by atoms with van der Waals surface area (Å²) in [6.07, 6.45) is 0. The first-order valence-electron chi connectivity index (χ1n) is 12.3. The molecule has 0 radical (unpaired) electrons. The Balaban J connectivity index is 1.74. The molecule has 1 aliphatic rings. The van der Waals surface area contributed by atoms with Gasteiger partial charge in [-0.2, -0.15) is 0 Å². The maximum atomic E-state index is 2.43. The zero-order chi connectivity index (χ0) is 24.3. The number of fused-ring (bicyclic) bond motifs is 3. The minimum absolute atomic E-state index is 0.0124. The quantitative estimate of drug-likeness (QED) is 0.304. The highest BCUT2D eigenvalue weighted by molar-refractivity contribution is 5.83. The molecule has 0 fully saturated rings. The van der Waals surface area contributed by atoms with Gasteiger partial charge in [0.1, 0.15) is 0 Å². The molecule has 4 aromatic rings. The standard InChI is InChI=1S/C33H35N/c1-22-8-13-25(14-9-22)34(26-15-10-23(2)11-16-26)27-17-19-29-28-18-12-24(3)20-30(28)32(4,5)33(6,7)31(29)21-27/h8-21H,1-7H3. The highest BCUT2D eigenvalue weighted by Gasteiger charge is 2.46. The van der Waals surface area contributed by atoms with Gasteiger partial charge in [0.25, 0.3) is 0 Å². The molecule has 0 unspecified atom stereocenters. The second-order valence-electron chi connectivity index (χ2n) is 11.0. The molecule has 0 amide bonds. The summed E-state index contributed by atoms with van der Waals surface area (Å²) in [5.41, 5.74) is 13.0. The highest BCUT2D eigenvalue weighted by Crippen LogP contribution is 2.55. The molecule has 0 saturated carbocycles. The van der Waals surface area contributed by atoms with Crippen LogP contribution in [0.4, 0.5) is 17.1 Å². The van der Waals surface area contributed by atoms with E-state index in [0.717, 1.165) is 0 Å². The van der Waals surface area contributed by atoms with E-state index in [4.69, 9.17) is 0 Å². The van der Waals surface area contributed by atoms with Crippen molar-refractivity contribution in [3.8, 4) is 11.1 Å². The number of nitrogens with zero attached hydrogens (tertiary/aromatic N) is 1. The van der Waals surface area contributed by atoms with Gasteiger partial charge in [0.05, 0.1) is 0 Å². The Bertz CT molecular complexity index is 1310. The molecule has 0 saturated heterocycles. The lowest BCUT2D eigenvalue weighted by atomic mass is 9.55. The number of aryl methyl sites for hydroxylation is 3. The second-order valence-corrected chi connectivity index (χ2v) is 11.0. The van der Waals surface area contributed by atoms with Gasteiger partial charge in [-0.25, -0.2) is 0 Å². The van der Waals surface area contributed by atoms with E-state index in [2.05, 4.69) is 138 Å². The van der Waals surface area contributed by atoms with Crippen LogP contribution in [0, 0.1) is 20.8 Å². The molecule has 0 bridgehead atoms. The third kappa shape index (κ3) is 3.46. The van der Waals surface area contributed by atoms with Crippen LogP contribution >= 0.6 is 0 Å². The monoisotopic (exact) mass is 445 g/mol. The molecule has 1 nitrogen and oxygen atoms in total. The van der Waals surface area contributed by atoms with Crippen LogP contribution in [0.3, 0.4) is 0 Å². The van der Waals surface area contributed by atoms with E-state index in [9.17, 15) is 0 Å². The highest BCUT2D eigenvalue weighted by atomic mass is 15.1. The summed E-state index contributed by atoms with van der Waals surface area (Å²) in [5, 5.41) is 0. The Labute approximate surface area is 205 Å². The van der Waals surface area contributed by atoms with Crippen molar-refractivity contribution in [1.29, 1.82) is 0 Å². The third-order valence-electron chi connectivity index (χ3n) is 8.22. The smallest absolute Gasteiger partial charge is 0.0464 e. The summed E-state index contributed by atoms with van der Waals surface area (Å²) in [6.45, 7) is 16.1. The Kier molecular flexibility index (Phi) is 5.20. The van der Waals surface area contributed by atoms with Crippen LogP contribution in [0.15, 0.2) is 84.9 Å². The fourth-order valence-electron chi connectivity index (χ4n) is 5.34. The summed E-state index contributed by atoms with van der Waals surface area (Å²) < 4.78 is 0. The van der Waals surface area contributed by atoms with Gasteiger partial charge in [0, 0.05) is 17.1 Å². The van der Waals surface area contributed by atoms with Crippen LogP contribution in [0.5, 0.6) is 0 Å². The summed E-state index contributed by atoms with van der Waals surface area (Å²) in [6, 6.07) is 31.7. The van der Waals surface area contributed by atoms with Gasteiger partial charge >= 0.3 is 0 Å². The number of anilines is 3. The first kappa shape index (κ1) is 22.5. The average molecular weight is 446 g/mol. The lowest BCUT2D eigenvalue weighted by molar-refractivity contribution is 0.299. The van der Waals surface area contributed by atoms with Crippen molar-refractivity contribution >= 4 is 17.1 Å². The Morgan fingerprint density at radius 2 is 0.824 bits per heavy atom. The van der Waals surface area contributed by atoms with Crippen molar-refractivity contribution in [2.45, 2.75) is 59.3 Å². The van der Waals surface area contributed by atoms with E-state index in [1.165, 1.54) is 56.0 Å². The van der Waals surface area contributed by atoms with Gasteiger partial charge in [0.2, 0.25) is 0 Å². The predicted molar refractivity (Wildman–Crippen MR) is 147 cm³/mol. The number of benzene rings is 4. The molecule has 172 valence electrons. The number of hydrogen-bond acceptors (Lipinski definition) is 1. The topological polar surface area (TPSA) is 3.24 Å². The molecule has 0 aliphatic heterocycles. The molecule has 0 N–H and O–H groups in total. The molecule has 1 aliphatic carbocycles. The fraction of sp³-hybridized carbons (Fsp3) is 0.273. The third-order valence-corrected chi connectivity index (χ3v) is 8.22. The maximum absolute atomic E-state index is 2.43. The summed E-state index contributed by atoms with van der Waals surface area (Å²) in [5.74, 6) is 0. The molecular weight excluding hydrogens is 410 g/mol. The molecule has 5 rings (SSSR count). The van der Waals surface area contributed by atoms with Crippen molar-refractivity contribution < 1.29 is 0 Å². The normalized spacial score (nSPS) is 15.4. The Hall–Kier alpha value is -3.32. The zero-order valence-corrected chi connectivity index (χ0v) is 21.5. The van der Waals surface area contributed by atoms with Crippen molar-refractivity contribution in [3.05, 3.63) is 113 Å². The van der Waals surface area contributed by atoms with Crippen molar-refractivity contribution in [3.63, 3.8) is 0 Å². The molecule has 0 aromatic heterocycles. The molecule has 0 spiro atoms. The molecule has 0 heterocycles. The van der Waals surface area contributed by atoms with Crippen LogP contribution in [0.2, 0.25) is 0 Å². The van der Waals surface area contributed by atoms with E-state index >= 15 is 0 Å². The molecule has 1 heteroatoms. The van der Waals surface area contributed by atoms with Crippen LogP contribution < -0.4 is 4.90 Å². The Morgan fingerprint density at radius 1 is 0.441 bits per heavy atom. The van der Waals surface area contributed by atoms with Crippen molar-refractivity contribution in [1.82, 2.24) is 0 Å². The lowest BCUT2D eigenvalue weighted by Gasteiger charge is -2.48. The van der Waals surface area contributed by atoms with Crippen LogP contribution in [0.25, 0.3) is 11.1 Å². The maximum Gasteiger partial charge on any atom is 0.0464 e. The SMILES string of the molecule is Cc1ccc(N(c2ccc(C)cc2)c2ccc3c(c2)C(C)(C)C(C)(C)c2cc(C)ccc2-3)cc1. The molecular formula is C33H35N. The minimum Gasteiger partial charge on any atom is -0.310 e. The molecule has 34 heavy (non-hydrogen) atoms. The second kappa shape index (κ2) is 7.87. The van der Waals surface area contributed by atoms with E-state index in [0.29, 0.717) is 0 Å². The van der Waals surface area contributed by atoms with Crippen LogP contribution in [-0.4, -0.2) is 0 Å². The fourth-order valence-corrected chi connectivity index (χ4v) is 5.34.